The van der Waals surface area contributed by atoms with E-state index in [-0.39, 0.29) is 12.8 Å². The van der Waals surface area contributed by atoms with Gasteiger partial charge in [-0.25, -0.2) is 9.13 Å². The van der Waals surface area contributed by atoms with E-state index < -0.39 is 72.3 Å². The topological polar surface area (TPSA) is 216 Å². The van der Waals surface area contributed by atoms with E-state index in [9.17, 15) is 33.8 Å². The Balaban J connectivity index is 4.64. The first-order chi connectivity index (χ1) is 28.6. The van der Waals surface area contributed by atoms with Gasteiger partial charge in [-0.15, -0.1) is 0 Å². The molecule has 0 rings (SSSR count). The van der Waals surface area contributed by atoms with Crippen molar-refractivity contribution in [2.24, 2.45) is 5.92 Å². The number of unbranched alkanes of at least 4 members (excludes halogenated alkanes) is 14. The van der Waals surface area contributed by atoms with Gasteiger partial charge in [0.25, 0.3) is 0 Å². The number of aliphatic hydroxyl groups is 2. The standard InChI is InChI=1S/C44H80O14P2/c1-4-5-25-31-40(45)32-27-22-18-14-10-8-12-16-20-24-29-34-44(48)58-42(38-57-60(52,53)56-36-41(46)35-55-59(49,50)51)37-54-43(47)33-28-23-19-15-11-7-6-9-13-17-21-26-30-39(2)3/h8,10,16,18,20,22,27,32,39-42,45-46H,4-7,9,11-15,17,19,21,23-26,28-31,33-38H2,1-3H3,(H,52,53)(H2,49,50,51)/b10-8-,20-16-,22-18-,32-27+/t40-,41-,42+/m0/s1. The fraction of sp³-hybridized carbons (Fsp3) is 0.773. The van der Waals surface area contributed by atoms with Crippen LogP contribution in [-0.4, -0.2) is 81.6 Å². The summed E-state index contributed by atoms with van der Waals surface area (Å²) in [5.74, 6) is -0.333. The number of rotatable bonds is 41. The summed E-state index contributed by atoms with van der Waals surface area (Å²) in [6.07, 6.45) is 34.4. The van der Waals surface area contributed by atoms with Crippen LogP contribution in [0.4, 0.5) is 0 Å². The highest BCUT2D eigenvalue weighted by molar-refractivity contribution is 7.47. The molecular weight excluding hydrogens is 814 g/mol. The van der Waals surface area contributed by atoms with Gasteiger partial charge in [0.05, 0.1) is 25.9 Å². The van der Waals surface area contributed by atoms with E-state index in [1.807, 2.05) is 42.5 Å². The van der Waals surface area contributed by atoms with Crippen LogP contribution < -0.4 is 0 Å². The fourth-order valence-corrected chi connectivity index (χ4v) is 6.97. The van der Waals surface area contributed by atoms with E-state index in [4.69, 9.17) is 23.8 Å². The van der Waals surface area contributed by atoms with Crippen molar-refractivity contribution >= 4 is 27.6 Å². The lowest BCUT2D eigenvalue weighted by Crippen LogP contribution is -2.29. The molecule has 4 atom stereocenters. The molecule has 0 aromatic heterocycles. The highest BCUT2D eigenvalue weighted by atomic mass is 31.2. The Kier molecular flexibility index (Phi) is 37.4. The second kappa shape index (κ2) is 38.7. The van der Waals surface area contributed by atoms with Gasteiger partial charge >= 0.3 is 27.6 Å². The Morgan fingerprint density at radius 3 is 1.73 bits per heavy atom. The normalized spacial score (nSPS) is 15.1. The SMILES string of the molecule is CCCCC[C@H](O)/C=C/C=C\C/C=C\C/C=C\CCCC(=O)O[C@H](COC(=O)CCCCCCCCCCCCCCC(C)C)COP(=O)(O)OC[C@@H](O)COP(=O)(O)O. The molecule has 0 saturated heterocycles. The lowest BCUT2D eigenvalue weighted by molar-refractivity contribution is -0.161. The summed E-state index contributed by atoms with van der Waals surface area (Å²) >= 11 is 0. The summed E-state index contributed by atoms with van der Waals surface area (Å²) < 4.78 is 47.7. The van der Waals surface area contributed by atoms with Crippen LogP contribution in [0.3, 0.4) is 0 Å². The molecule has 5 N–H and O–H groups in total. The first kappa shape index (κ1) is 58.0. The molecule has 0 bridgehead atoms. The lowest BCUT2D eigenvalue weighted by Gasteiger charge is -2.20. The number of carbonyl (C=O) groups excluding carboxylic acids is 2. The van der Waals surface area contributed by atoms with Gasteiger partial charge in [-0.1, -0.05) is 166 Å². The molecule has 350 valence electrons. The molecule has 0 radical (unpaired) electrons. The van der Waals surface area contributed by atoms with Gasteiger partial charge in [0.15, 0.2) is 6.10 Å². The average Bonchev–Trinajstić information content (AvgIpc) is 3.18. The largest absolute Gasteiger partial charge is 0.472 e. The third kappa shape index (κ3) is 42.7. The highest BCUT2D eigenvalue weighted by Gasteiger charge is 2.28. The number of phosphoric acid groups is 2. The van der Waals surface area contributed by atoms with Crippen LogP contribution in [0.2, 0.25) is 0 Å². The zero-order valence-electron chi connectivity index (χ0n) is 36.8. The first-order valence-electron chi connectivity index (χ1n) is 22.3. The minimum absolute atomic E-state index is 0.0354. The monoisotopic (exact) mass is 895 g/mol. The number of allylic oxidation sites excluding steroid dienone is 7. The van der Waals surface area contributed by atoms with Gasteiger partial charge < -0.3 is 34.4 Å². The van der Waals surface area contributed by atoms with Gasteiger partial charge in [-0.2, -0.15) is 0 Å². The van der Waals surface area contributed by atoms with Crippen LogP contribution in [0.5, 0.6) is 0 Å². The number of hydrogen-bond acceptors (Lipinski definition) is 11. The number of esters is 2. The fourth-order valence-electron chi connectivity index (χ4n) is 5.81. The van der Waals surface area contributed by atoms with Crippen molar-refractivity contribution in [3.63, 3.8) is 0 Å². The van der Waals surface area contributed by atoms with E-state index in [2.05, 4.69) is 29.8 Å². The molecule has 0 aromatic rings. The predicted molar refractivity (Wildman–Crippen MR) is 236 cm³/mol. The third-order valence-electron chi connectivity index (χ3n) is 9.24. The Morgan fingerprint density at radius 1 is 0.583 bits per heavy atom. The van der Waals surface area contributed by atoms with Crippen LogP contribution in [0.1, 0.15) is 168 Å². The maximum atomic E-state index is 12.6. The molecule has 16 heteroatoms. The van der Waals surface area contributed by atoms with Crippen LogP contribution in [0.15, 0.2) is 48.6 Å². The van der Waals surface area contributed by atoms with Crippen molar-refractivity contribution in [3.8, 4) is 0 Å². The van der Waals surface area contributed by atoms with Crippen molar-refractivity contribution in [2.75, 3.05) is 26.4 Å². The Hall–Kier alpha value is -1.96. The molecule has 60 heavy (non-hydrogen) atoms. The molecule has 0 aliphatic rings. The van der Waals surface area contributed by atoms with Crippen LogP contribution in [-0.2, 0) is 41.8 Å². The second-order valence-corrected chi connectivity index (χ2v) is 18.3. The maximum Gasteiger partial charge on any atom is 0.472 e. The number of ether oxygens (including phenoxy) is 2. The molecule has 1 unspecified atom stereocenters. The van der Waals surface area contributed by atoms with Crippen molar-refractivity contribution in [1.82, 2.24) is 0 Å². The van der Waals surface area contributed by atoms with Gasteiger partial charge in [0, 0.05) is 12.8 Å². The number of phosphoric ester groups is 2. The van der Waals surface area contributed by atoms with Crippen molar-refractivity contribution < 1.29 is 66.7 Å². The van der Waals surface area contributed by atoms with Gasteiger partial charge in [-0.05, 0) is 44.4 Å². The van der Waals surface area contributed by atoms with Crippen LogP contribution in [0.25, 0.3) is 0 Å². The summed E-state index contributed by atoms with van der Waals surface area (Å²) in [7, 11) is -9.71. The number of aliphatic hydroxyl groups excluding tert-OH is 2. The maximum absolute atomic E-state index is 12.6. The van der Waals surface area contributed by atoms with Crippen molar-refractivity contribution in [2.45, 2.75) is 187 Å². The highest BCUT2D eigenvalue weighted by Crippen LogP contribution is 2.43. The molecular formula is C44H80O14P2. The summed E-state index contributed by atoms with van der Waals surface area (Å²) in [4.78, 5) is 52.7. The zero-order valence-corrected chi connectivity index (χ0v) is 38.6. The first-order valence-corrected chi connectivity index (χ1v) is 25.3. The van der Waals surface area contributed by atoms with Crippen LogP contribution in [0, 0.1) is 5.92 Å². The van der Waals surface area contributed by atoms with E-state index >= 15 is 0 Å². The Morgan fingerprint density at radius 2 is 1.12 bits per heavy atom. The molecule has 0 fully saturated rings. The molecule has 0 amide bonds. The lowest BCUT2D eigenvalue weighted by atomic mass is 10.0. The quantitative estimate of drug-likeness (QED) is 0.0127. The van der Waals surface area contributed by atoms with Gasteiger partial charge in [-0.3, -0.25) is 23.2 Å². The minimum Gasteiger partial charge on any atom is -0.462 e. The van der Waals surface area contributed by atoms with Gasteiger partial charge in [0.1, 0.15) is 12.7 Å². The Bertz CT molecular complexity index is 1280. The van der Waals surface area contributed by atoms with E-state index in [1.54, 1.807) is 6.08 Å². The van der Waals surface area contributed by atoms with E-state index in [0.717, 1.165) is 63.7 Å². The van der Waals surface area contributed by atoms with Crippen molar-refractivity contribution in [1.29, 1.82) is 0 Å². The molecule has 0 aliphatic carbocycles. The number of hydrogen-bond donors (Lipinski definition) is 5. The number of carbonyl (C=O) groups is 2. The smallest absolute Gasteiger partial charge is 0.462 e. The molecule has 0 heterocycles. The minimum atomic E-state index is -4.87. The molecule has 0 aliphatic heterocycles. The summed E-state index contributed by atoms with van der Waals surface area (Å²) in [5, 5.41) is 19.6. The van der Waals surface area contributed by atoms with E-state index in [1.165, 1.54) is 57.8 Å². The molecule has 0 saturated carbocycles. The second-order valence-electron chi connectivity index (χ2n) is 15.7. The van der Waals surface area contributed by atoms with Gasteiger partial charge in [0.2, 0.25) is 0 Å². The molecule has 0 aromatic carbocycles. The summed E-state index contributed by atoms with van der Waals surface area (Å²) in [5.41, 5.74) is 0. The van der Waals surface area contributed by atoms with E-state index in [0.29, 0.717) is 19.3 Å². The van der Waals surface area contributed by atoms with Crippen LogP contribution >= 0.6 is 15.6 Å². The summed E-state index contributed by atoms with van der Waals surface area (Å²) in [6, 6.07) is 0. The predicted octanol–water partition coefficient (Wildman–Crippen LogP) is 10.3. The molecule has 0 spiro atoms. The average molecular weight is 895 g/mol. The summed E-state index contributed by atoms with van der Waals surface area (Å²) in [6.45, 7) is 3.88. The third-order valence-corrected chi connectivity index (χ3v) is 10.7. The van der Waals surface area contributed by atoms with Crippen molar-refractivity contribution in [3.05, 3.63) is 48.6 Å². The Labute approximate surface area is 361 Å². The molecule has 14 nitrogen and oxygen atoms in total. The zero-order chi connectivity index (χ0) is 44.7.